The fraction of sp³-hybridized carbons (Fsp3) is 0.478. The van der Waals surface area contributed by atoms with E-state index >= 15 is 0 Å². The second-order valence-electron chi connectivity index (χ2n) is 8.67. The van der Waals surface area contributed by atoms with Crippen molar-refractivity contribution in [3.63, 3.8) is 0 Å². The van der Waals surface area contributed by atoms with Crippen molar-refractivity contribution in [2.75, 3.05) is 18.0 Å². The number of benzene rings is 1. The summed E-state index contributed by atoms with van der Waals surface area (Å²) in [7, 11) is 0. The maximum Gasteiger partial charge on any atom is 0.261 e. The van der Waals surface area contributed by atoms with Gasteiger partial charge in [-0.25, -0.2) is 19.3 Å². The molecule has 0 N–H and O–H groups in total. The molecule has 30 heavy (non-hydrogen) atoms. The highest BCUT2D eigenvalue weighted by atomic mass is 19.1. The van der Waals surface area contributed by atoms with Gasteiger partial charge in [-0.2, -0.15) is 0 Å². The number of hydrogen-bond acceptors (Lipinski definition) is 5. The largest absolute Gasteiger partial charge is 0.356 e. The van der Waals surface area contributed by atoms with Crippen molar-refractivity contribution in [1.29, 1.82) is 0 Å². The Balaban J connectivity index is 1.31. The van der Waals surface area contributed by atoms with Crippen molar-refractivity contribution in [2.24, 2.45) is 5.92 Å². The van der Waals surface area contributed by atoms with E-state index in [1.54, 1.807) is 4.57 Å². The highest BCUT2D eigenvalue weighted by Crippen LogP contribution is 2.38. The SMILES string of the molecule is Cc1cc(N2CCC(Cn3c(C)nc4cc(F)ccc4c3=O)CC2)nc(C2CC2)n1. The highest BCUT2D eigenvalue weighted by Gasteiger charge is 2.28. The molecular formula is C23H26FN5O. The molecular weight excluding hydrogens is 381 g/mol. The van der Waals surface area contributed by atoms with Crippen LogP contribution < -0.4 is 10.5 Å². The van der Waals surface area contributed by atoms with Gasteiger partial charge in [-0.1, -0.05) is 0 Å². The summed E-state index contributed by atoms with van der Waals surface area (Å²) in [6.07, 6.45) is 4.39. The van der Waals surface area contributed by atoms with E-state index in [0.29, 0.717) is 35.1 Å². The number of aryl methyl sites for hydroxylation is 2. The van der Waals surface area contributed by atoms with E-state index in [-0.39, 0.29) is 11.4 Å². The summed E-state index contributed by atoms with van der Waals surface area (Å²) in [4.78, 5) is 29.2. The molecule has 2 fully saturated rings. The minimum absolute atomic E-state index is 0.0829. The lowest BCUT2D eigenvalue weighted by molar-refractivity contribution is 0.347. The summed E-state index contributed by atoms with van der Waals surface area (Å²) in [5.74, 6) is 3.25. The van der Waals surface area contributed by atoms with E-state index < -0.39 is 0 Å². The van der Waals surface area contributed by atoms with E-state index in [0.717, 1.165) is 43.3 Å². The lowest BCUT2D eigenvalue weighted by atomic mass is 9.96. The van der Waals surface area contributed by atoms with Gasteiger partial charge in [-0.05, 0) is 57.6 Å². The van der Waals surface area contributed by atoms with Crippen molar-refractivity contribution < 1.29 is 4.39 Å². The van der Waals surface area contributed by atoms with Crippen molar-refractivity contribution in [3.8, 4) is 0 Å². The van der Waals surface area contributed by atoms with Gasteiger partial charge in [0.15, 0.2) is 0 Å². The normalized spacial score (nSPS) is 17.6. The Bertz CT molecular complexity index is 1160. The summed E-state index contributed by atoms with van der Waals surface area (Å²) in [5, 5.41) is 0.475. The van der Waals surface area contributed by atoms with Crippen molar-refractivity contribution in [2.45, 2.75) is 52.0 Å². The maximum absolute atomic E-state index is 13.5. The first-order valence-electron chi connectivity index (χ1n) is 10.7. The zero-order chi connectivity index (χ0) is 20.8. The predicted molar refractivity (Wildman–Crippen MR) is 114 cm³/mol. The Morgan fingerprint density at radius 3 is 2.53 bits per heavy atom. The van der Waals surface area contributed by atoms with Crippen LogP contribution in [0.2, 0.25) is 0 Å². The minimum atomic E-state index is -0.372. The first-order chi connectivity index (χ1) is 14.5. The van der Waals surface area contributed by atoms with Crippen LogP contribution in [-0.2, 0) is 6.54 Å². The van der Waals surface area contributed by atoms with Crippen LogP contribution in [0.15, 0.2) is 29.1 Å². The molecule has 156 valence electrons. The first-order valence-corrected chi connectivity index (χ1v) is 10.7. The molecule has 5 rings (SSSR count). The van der Waals surface area contributed by atoms with Crippen molar-refractivity contribution in [3.05, 3.63) is 57.8 Å². The van der Waals surface area contributed by atoms with Gasteiger partial charge in [0.2, 0.25) is 0 Å². The van der Waals surface area contributed by atoms with Gasteiger partial charge in [-0.15, -0.1) is 0 Å². The summed E-state index contributed by atoms with van der Waals surface area (Å²) < 4.78 is 15.2. The summed E-state index contributed by atoms with van der Waals surface area (Å²) in [6, 6.07) is 6.26. The average molecular weight is 407 g/mol. The molecule has 7 heteroatoms. The Kier molecular flexibility index (Phi) is 4.76. The van der Waals surface area contributed by atoms with Crippen molar-refractivity contribution in [1.82, 2.24) is 19.5 Å². The zero-order valence-corrected chi connectivity index (χ0v) is 17.4. The molecule has 0 unspecified atom stereocenters. The Hall–Kier alpha value is -2.83. The monoisotopic (exact) mass is 407 g/mol. The molecule has 3 aromatic rings. The number of halogens is 1. The number of rotatable bonds is 4. The molecule has 1 aliphatic carbocycles. The van der Waals surface area contributed by atoms with E-state index in [1.807, 2.05) is 13.8 Å². The van der Waals surface area contributed by atoms with Gasteiger partial charge in [0.05, 0.1) is 10.9 Å². The Morgan fingerprint density at radius 1 is 1.03 bits per heavy atom. The third kappa shape index (κ3) is 3.68. The van der Waals surface area contributed by atoms with Gasteiger partial charge in [0.1, 0.15) is 23.3 Å². The molecule has 1 aromatic carbocycles. The van der Waals surface area contributed by atoms with Crippen LogP contribution in [-0.4, -0.2) is 32.6 Å². The molecule has 3 heterocycles. The summed E-state index contributed by atoms with van der Waals surface area (Å²) in [6.45, 7) is 6.35. The lowest BCUT2D eigenvalue weighted by Crippen LogP contribution is -2.37. The van der Waals surface area contributed by atoms with Crippen LogP contribution >= 0.6 is 0 Å². The quantitative estimate of drug-likeness (QED) is 0.659. The number of piperidine rings is 1. The molecule has 0 amide bonds. The van der Waals surface area contributed by atoms with Gasteiger partial charge in [-0.3, -0.25) is 9.36 Å². The fourth-order valence-corrected chi connectivity index (χ4v) is 4.38. The van der Waals surface area contributed by atoms with Gasteiger partial charge in [0, 0.05) is 43.4 Å². The standard InChI is InChI=1S/C23H26FN5O/c1-14-11-21(27-22(25-14)17-3-4-17)28-9-7-16(8-10-28)13-29-15(2)26-20-12-18(24)5-6-19(20)23(29)30/h5-6,11-12,16-17H,3-4,7-10,13H2,1-2H3. The average Bonchev–Trinajstić information content (AvgIpc) is 3.56. The summed E-state index contributed by atoms with van der Waals surface area (Å²) in [5.41, 5.74) is 1.37. The Labute approximate surface area is 174 Å². The van der Waals surface area contributed by atoms with Crippen LogP contribution in [0.3, 0.4) is 0 Å². The van der Waals surface area contributed by atoms with Crippen molar-refractivity contribution >= 4 is 16.7 Å². The number of aromatic nitrogens is 4. The zero-order valence-electron chi connectivity index (χ0n) is 17.4. The number of hydrogen-bond donors (Lipinski definition) is 0. The number of fused-ring (bicyclic) bond motifs is 1. The molecule has 1 aliphatic heterocycles. The van der Waals surface area contributed by atoms with E-state index in [9.17, 15) is 9.18 Å². The topological polar surface area (TPSA) is 63.9 Å². The Morgan fingerprint density at radius 2 is 1.80 bits per heavy atom. The van der Waals surface area contributed by atoms with Gasteiger partial charge < -0.3 is 4.90 Å². The molecule has 2 aliphatic rings. The molecule has 2 aromatic heterocycles. The minimum Gasteiger partial charge on any atom is -0.356 e. The predicted octanol–water partition coefficient (Wildman–Crippen LogP) is 3.74. The van der Waals surface area contributed by atoms with E-state index in [1.165, 1.54) is 31.0 Å². The van der Waals surface area contributed by atoms with Crippen LogP contribution in [0.4, 0.5) is 10.2 Å². The molecule has 0 atom stereocenters. The molecule has 1 saturated heterocycles. The number of anilines is 1. The second kappa shape index (κ2) is 7.45. The number of nitrogens with zero attached hydrogens (tertiary/aromatic N) is 5. The molecule has 0 spiro atoms. The van der Waals surface area contributed by atoms with Crippen LogP contribution in [0.5, 0.6) is 0 Å². The fourth-order valence-electron chi connectivity index (χ4n) is 4.38. The first kappa shape index (κ1) is 19.2. The van der Waals surface area contributed by atoms with Gasteiger partial charge in [0.25, 0.3) is 5.56 Å². The van der Waals surface area contributed by atoms with Crippen LogP contribution in [0, 0.1) is 25.6 Å². The van der Waals surface area contributed by atoms with Gasteiger partial charge >= 0.3 is 0 Å². The van der Waals surface area contributed by atoms with E-state index in [2.05, 4.69) is 20.9 Å². The highest BCUT2D eigenvalue weighted by molar-refractivity contribution is 5.77. The smallest absolute Gasteiger partial charge is 0.261 e. The molecule has 0 radical (unpaired) electrons. The second-order valence-corrected chi connectivity index (χ2v) is 8.67. The summed E-state index contributed by atoms with van der Waals surface area (Å²) >= 11 is 0. The molecule has 1 saturated carbocycles. The maximum atomic E-state index is 13.5. The third-order valence-corrected chi connectivity index (χ3v) is 6.29. The lowest BCUT2D eigenvalue weighted by Gasteiger charge is -2.33. The van der Waals surface area contributed by atoms with E-state index in [4.69, 9.17) is 4.98 Å². The van der Waals surface area contributed by atoms with Crippen LogP contribution in [0.25, 0.3) is 10.9 Å². The molecule has 0 bridgehead atoms. The molecule has 6 nitrogen and oxygen atoms in total. The van der Waals surface area contributed by atoms with Crippen LogP contribution in [0.1, 0.15) is 48.9 Å². The third-order valence-electron chi connectivity index (χ3n) is 6.29.